The predicted octanol–water partition coefficient (Wildman–Crippen LogP) is 2.56. The van der Waals surface area contributed by atoms with Crippen LogP contribution < -0.4 is 16.0 Å². The second-order valence-electron chi connectivity index (χ2n) is 8.00. The molecule has 2 unspecified atom stereocenters. The number of rotatable bonds is 4. The zero-order valence-electron chi connectivity index (χ0n) is 17.0. The molecule has 3 aliphatic rings. The zero-order valence-corrected chi connectivity index (χ0v) is 17.0. The highest BCUT2D eigenvalue weighted by molar-refractivity contribution is 5.94. The number of nitrogens with one attached hydrogen (secondary N) is 1. The molecule has 6 rings (SSSR count). The lowest BCUT2D eigenvalue weighted by Crippen LogP contribution is -2.57. The van der Waals surface area contributed by atoms with Crippen LogP contribution >= 0.6 is 0 Å². The maximum atomic E-state index is 9.31. The third kappa shape index (κ3) is 3.12. The van der Waals surface area contributed by atoms with Gasteiger partial charge in [0.1, 0.15) is 12.0 Å². The summed E-state index contributed by atoms with van der Waals surface area (Å²) in [6.07, 6.45) is 3.08. The number of benzene rings is 1. The highest BCUT2D eigenvalue weighted by Crippen LogP contribution is 2.33. The Balaban J connectivity index is 1.50. The monoisotopic (exact) mass is 401 g/mol. The molecular weight excluding hydrogens is 378 g/mol. The number of piperidine rings is 1. The Morgan fingerprint density at radius 3 is 2.73 bits per heavy atom. The van der Waals surface area contributed by atoms with Crippen LogP contribution in [0.4, 0.5) is 11.6 Å². The van der Waals surface area contributed by atoms with E-state index in [0.717, 1.165) is 52.9 Å². The number of fused-ring (bicyclic) bond motifs is 3. The van der Waals surface area contributed by atoms with E-state index in [2.05, 4.69) is 37.5 Å². The summed E-state index contributed by atoms with van der Waals surface area (Å²) in [5.74, 6) is 1.51. The minimum absolute atomic E-state index is 0.306. The van der Waals surface area contributed by atoms with Crippen molar-refractivity contribution in [2.45, 2.75) is 38.6 Å². The Kier molecular flexibility index (Phi) is 4.50. The van der Waals surface area contributed by atoms with Gasteiger partial charge >= 0.3 is 0 Å². The second kappa shape index (κ2) is 7.20. The van der Waals surface area contributed by atoms with Crippen LogP contribution in [-0.4, -0.2) is 40.5 Å². The molecule has 3 aromatic rings. The van der Waals surface area contributed by atoms with E-state index >= 15 is 0 Å². The minimum atomic E-state index is -0.522. The number of ether oxygens (including phenoxy) is 1. The molecule has 3 saturated heterocycles. The Labute approximate surface area is 174 Å². The van der Waals surface area contributed by atoms with Crippen LogP contribution in [0.3, 0.4) is 0 Å². The molecule has 152 valence electrons. The van der Waals surface area contributed by atoms with Gasteiger partial charge in [-0.15, -0.1) is 5.10 Å². The molecule has 0 saturated carbocycles. The van der Waals surface area contributed by atoms with E-state index in [0.29, 0.717) is 23.6 Å². The Morgan fingerprint density at radius 2 is 2.00 bits per heavy atom. The lowest BCUT2D eigenvalue weighted by molar-refractivity contribution is -0.133. The van der Waals surface area contributed by atoms with Crippen LogP contribution in [0.25, 0.3) is 10.8 Å². The predicted molar refractivity (Wildman–Crippen MR) is 114 cm³/mol. The molecule has 0 amide bonds. The van der Waals surface area contributed by atoms with Crippen molar-refractivity contribution >= 4 is 22.4 Å². The molecule has 0 radical (unpaired) electrons. The van der Waals surface area contributed by atoms with E-state index in [9.17, 15) is 5.26 Å². The van der Waals surface area contributed by atoms with Crippen LogP contribution in [-0.2, 0) is 4.74 Å². The first-order valence-corrected chi connectivity index (χ1v) is 10.1. The van der Waals surface area contributed by atoms with Crippen molar-refractivity contribution in [3.8, 4) is 6.07 Å². The van der Waals surface area contributed by atoms with Crippen molar-refractivity contribution in [1.82, 2.24) is 15.2 Å². The first kappa shape index (κ1) is 18.7. The Bertz CT molecular complexity index is 1160. The zero-order chi connectivity index (χ0) is 20.8. The van der Waals surface area contributed by atoms with E-state index in [1.165, 1.54) is 0 Å². The van der Waals surface area contributed by atoms with Crippen LogP contribution in [0.1, 0.15) is 35.0 Å². The maximum absolute atomic E-state index is 9.31. The van der Waals surface area contributed by atoms with Gasteiger partial charge in [0, 0.05) is 36.5 Å². The summed E-state index contributed by atoms with van der Waals surface area (Å²) in [4.78, 5) is 6.93. The van der Waals surface area contributed by atoms with E-state index in [4.69, 9.17) is 10.5 Å². The SMILES string of the molecule is Cc1c(C#N)cccc1[C@@H](N)Nc1nnc(C)c2cnc(N3CC4CC(C3)O4)cc12. The first-order chi connectivity index (χ1) is 14.5. The van der Waals surface area contributed by atoms with Gasteiger partial charge in [-0.3, -0.25) is 0 Å². The van der Waals surface area contributed by atoms with Crippen LogP contribution in [0.15, 0.2) is 30.5 Å². The molecule has 2 aromatic heterocycles. The number of nitriles is 1. The molecule has 3 fully saturated rings. The maximum Gasteiger partial charge on any atom is 0.158 e. The Morgan fingerprint density at radius 1 is 1.23 bits per heavy atom. The fraction of sp³-hybridized carbons (Fsp3) is 0.364. The van der Waals surface area contributed by atoms with Crippen molar-refractivity contribution in [2.24, 2.45) is 5.73 Å². The summed E-state index contributed by atoms with van der Waals surface area (Å²) in [6.45, 7) is 5.54. The molecule has 3 N–H and O–H groups in total. The molecule has 5 heterocycles. The molecule has 30 heavy (non-hydrogen) atoms. The third-order valence-electron chi connectivity index (χ3n) is 6.04. The van der Waals surface area contributed by atoms with E-state index < -0.39 is 6.17 Å². The van der Waals surface area contributed by atoms with Gasteiger partial charge in [0.15, 0.2) is 5.82 Å². The van der Waals surface area contributed by atoms with Gasteiger partial charge in [-0.25, -0.2) is 4.98 Å². The molecule has 3 atom stereocenters. The van der Waals surface area contributed by atoms with Gasteiger partial charge in [-0.2, -0.15) is 10.4 Å². The van der Waals surface area contributed by atoms with Gasteiger partial charge in [0.05, 0.1) is 29.5 Å². The van der Waals surface area contributed by atoms with Crippen molar-refractivity contribution in [3.63, 3.8) is 0 Å². The molecule has 8 nitrogen and oxygen atoms in total. The summed E-state index contributed by atoms with van der Waals surface area (Å²) in [6, 6.07) is 9.81. The number of anilines is 2. The standard InChI is InChI=1S/C22H23N7O/c1-12-14(8-23)4-3-5-17(12)21(24)26-22-18-7-20(25-9-19(18)13(2)27-28-22)29-10-15-6-16(11-29)30-15/h3-5,7,9,15-16,21H,6,10-11,24H2,1-2H3,(H,26,28)/t15?,16?,21-/m0/s1. The van der Waals surface area contributed by atoms with E-state index in [1.807, 2.05) is 32.2 Å². The molecule has 0 spiro atoms. The fourth-order valence-corrected chi connectivity index (χ4v) is 4.32. The second-order valence-corrected chi connectivity index (χ2v) is 8.00. The number of morpholine rings is 1. The molecule has 0 aliphatic carbocycles. The van der Waals surface area contributed by atoms with E-state index in [1.54, 1.807) is 6.07 Å². The van der Waals surface area contributed by atoms with Crippen LogP contribution in [0.5, 0.6) is 0 Å². The highest BCUT2D eigenvalue weighted by atomic mass is 16.5. The van der Waals surface area contributed by atoms with Gasteiger partial charge in [-0.1, -0.05) is 12.1 Å². The molecule has 8 heteroatoms. The van der Waals surface area contributed by atoms with Crippen molar-refractivity contribution in [2.75, 3.05) is 23.3 Å². The number of aromatic nitrogens is 3. The van der Waals surface area contributed by atoms with Crippen LogP contribution in [0.2, 0.25) is 0 Å². The van der Waals surface area contributed by atoms with Gasteiger partial charge in [0.25, 0.3) is 0 Å². The summed E-state index contributed by atoms with van der Waals surface area (Å²) in [5.41, 5.74) is 9.60. The quantitative estimate of drug-likeness (QED) is 0.641. The molecule has 1 aromatic carbocycles. The van der Waals surface area contributed by atoms with Crippen molar-refractivity contribution in [3.05, 3.63) is 52.8 Å². The van der Waals surface area contributed by atoms with Gasteiger partial charge in [-0.05, 0) is 37.1 Å². The number of nitrogens with two attached hydrogens (primary N) is 1. The summed E-state index contributed by atoms with van der Waals surface area (Å²) >= 11 is 0. The lowest BCUT2D eigenvalue weighted by Gasteiger charge is -2.47. The van der Waals surface area contributed by atoms with E-state index in [-0.39, 0.29) is 0 Å². The number of nitrogens with zero attached hydrogens (tertiary/aromatic N) is 5. The molecule has 3 aliphatic heterocycles. The van der Waals surface area contributed by atoms with Gasteiger partial charge < -0.3 is 20.7 Å². The number of pyridine rings is 1. The van der Waals surface area contributed by atoms with Crippen LogP contribution in [0, 0.1) is 25.2 Å². The normalized spacial score (nSPS) is 21.1. The van der Waals surface area contributed by atoms with Crippen molar-refractivity contribution in [1.29, 1.82) is 5.26 Å². The minimum Gasteiger partial charge on any atom is -0.371 e. The topological polar surface area (TPSA) is 113 Å². The summed E-state index contributed by atoms with van der Waals surface area (Å²) < 4.78 is 5.75. The highest BCUT2D eigenvalue weighted by Gasteiger charge is 2.38. The first-order valence-electron chi connectivity index (χ1n) is 10.1. The number of hydrogen-bond acceptors (Lipinski definition) is 8. The Hall–Kier alpha value is -3.28. The molecular formula is C22H23N7O. The number of hydrogen-bond donors (Lipinski definition) is 2. The average Bonchev–Trinajstić information content (AvgIpc) is 2.75. The van der Waals surface area contributed by atoms with Gasteiger partial charge in [0.2, 0.25) is 0 Å². The fourth-order valence-electron chi connectivity index (χ4n) is 4.32. The third-order valence-corrected chi connectivity index (χ3v) is 6.04. The lowest BCUT2D eigenvalue weighted by atomic mass is 9.98. The number of aryl methyl sites for hydroxylation is 1. The summed E-state index contributed by atoms with van der Waals surface area (Å²) in [7, 11) is 0. The summed E-state index contributed by atoms with van der Waals surface area (Å²) in [5, 5.41) is 23.1. The smallest absolute Gasteiger partial charge is 0.158 e. The molecule has 2 bridgehead atoms. The van der Waals surface area contributed by atoms with Crippen molar-refractivity contribution < 1.29 is 4.74 Å². The largest absolute Gasteiger partial charge is 0.371 e. The average molecular weight is 401 g/mol.